The van der Waals surface area contributed by atoms with E-state index in [9.17, 15) is 17.2 Å². The van der Waals surface area contributed by atoms with Crippen molar-refractivity contribution in [2.45, 2.75) is 31.7 Å². The lowest BCUT2D eigenvalue weighted by Crippen LogP contribution is -2.36. The lowest BCUT2D eigenvalue weighted by Gasteiger charge is -2.30. The van der Waals surface area contributed by atoms with Crippen molar-refractivity contribution in [1.29, 1.82) is 0 Å². The number of benzene rings is 1. The van der Waals surface area contributed by atoms with Crippen LogP contribution in [0.1, 0.15) is 31.7 Å². The first-order chi connectivity index (χ1) is 10.1. The Morgan fingerprint density at radius 1 is 1.09 bits per heavy atom. The highest BCUT2D eigenvalue weighted by atomic mass is 32.2. The zero-order chi connectivity index (χ0) is 16.5. The third-order valence-corrected chi connectivity index (χ3v) is 5.57. The minimum Gasteiger partial charge on any atom is -0.207 e. The third kappa shape index (κ3) is 3.53. The summed E-state index contributed by atoms with van der Waals surface area (Å²) in [5, 5.41) is 1.83. The SMILES string of the molecule is CC(C)(C)C(NS(=O)(=O)c1c(F)cccc1F)c1cccs1. The average molecular weight is 345 g/mol. The second-order valence-corrected chi connectivity index (χ2v) is 8.62. The summed E-state index contributed by atoms with van der Waals surface area (Å²) >= 11 is 1.39. The van der Waals surface area contributed by atoms with E-state index in [-0.39, 0.29) is 0 Å². The molecule has 120 valence electrons. The van der Waals surface area contributed by atoms with Crippen molar-refractivity contribution < 1.29 is 17.2 Å². The maximum atomic E-state index is 13.8. The predicted molar refractivity (Wildman–Crippen MR) is 83.2 cm³/mol. The maximum Gasteiger partial charge on any atom is 0.247 e. The number of thiophene rings is 1. The van der Waals surface area contributed by atoms with Crippen LogP contribution in [0.3, 0.4) is 0 Å². The molecule has 0 radical (unpaired) electrons. The molecule has 7 heteroatoms. The van der Waals surface area contributed by atoms with Gasteiger partial charge in [0.15, 0.2) is 4.90 Å². The zero-order valence-electron chi connectivity index (χ0n) is 12.4. The molecule has 0 saturated carbocycles. The molecule has 0 aliphatic heterocycles. The van der Waals surface area contributed by atoms with Crippen LogP contribution in [0.4, 0.5) is 8.78 Å². The van der Waals surface area contributed by atoms with Crippen LogP contribution in [-0.2, 0) is 10.0 Å². The molecule has 3 nitrogen and oxygen atoms in total. The van der Waals surface area contributed by atoms with Crippen molar-refractivity contribution in [2.24, 2.45) is 5.41 Å². The minimum absolute atomic E-state index is 0.459. The highest BCUT2D eigenvalue weighted by Gasteiger charge is 2.34. The van der Waals surface area contributed by atoms with Gasteiger partial charge in [-0.1, -0.05) is 32.9 Å². The topological polar surface area (TPSA) is 46.2 Å². The molecule has 0 amide bonds. The van der Waals surface area contributed by atoms with E-state index in [1.165, 1.54) is 11.3 Å². The van der Waals surface area contributed by atoms with Gasteiger partial charge in [0.25, 0.3) is 0 Å². The number of sulfonamides is 1. The fraction of sp³-hybridized carbons (Fsp3) is 0.333. The van der Waals surface area contributed by atoms with Crippen LogP contribution >= 0.6 is 11.3 Å². The monoisotopic (exact) mass is 345 g/mol. The molecule has 0 spiro atoms. The van der Waals surface area contributed by atoms with Gasteiger partial charge in [-0.05, 0) is 29.0 Å². The number of hydrogen-bond donors (Lipinski definition) is 1. The van der Waals surface area contributed by atoms with Gasteiger partial charge in [-0.15, -0.1) is 11.3 Å². The van der Waals surface area contributed by atoms with E-state index in [4.69, 9.17) is 0 Å². The molecule has 1 atom stereocenters. The van der Waals surface area contributed by atoms with E-state index in [0.29, 0.717) is 0 Å². The van der Waals surface area contributed by atoms with Crippen LogP contribution in [0.25, 0.3) is 0 Å². The first-order valence-electron chi connectivity index (χ1n) is 6.62. The Morgan fingerprint density at radius 3 is 2.14 bits per heavy atom. The number of rotatable bonds is 4. The molecule has 0 aliphatic carbocycles. The first kappa shape index (κ1) is 17.1. The smallest absolute Gasteiger partial charge is 0.207 e. The van der Waals surface area contributed by atoms with E-state index in [2.05, 4.69) is 4.72 Å². The van der Waals surface area contributed by atoms with Crippen molar-refractivity contribution in [3.05, 3.63) is 52.2 Å². The summed E-state index contributed by atoms with van der Waals surface area (Å²) in [6.45, 7) is 5.58. The summed E-state index contributed by atoms with van der Waals surface area (Å²) in [4.78, 5) is -0.159. The van der Waals surface area contributed by atoms with Crippen LogP contribution < -0.4 is 4.72 Å². The lowest BCUT2D eigenvalue weighted by atomic mass is 9.86. The summed E-state index contributed by atoms with van der Waals surface area (Å²) in [5.74, 6) is -2.21. The van der Waals surface area contributed by atoms with Gasteiger partial charge in [-0.3, -0.25) is 0 Å². The highest BCUT2D eigenvalue weighted by molar-refractivity contribution is 7.89. The fourth-order valence-electron chi connectivity index (χ4n) is 2.07. The Morgan fingerprint density at radius 2 is 1.68 bits per heavy atom. The second kappa shape index (κ2) is 6.06. The zero-order valence-corrected chi connectivity index (χ0v) is 14.1. The Hall–Kier alpha value is -1.31. The van der Waals surface area contributed by atoms with Crippen LogP contribution in [0, 0.1) is 17.0 Å². The van der Waals surface area contributed by atoms with Gasteiger partial charge in [0, 0.05) is 4.88 Å². The summed E-state index contributed by atoms with van der Waals surface area (Å²) < 4.78 is 54.9. The molecule has 1 aromatic carbocycles. The normalized spacial score (nSPS) is 14.0. The second-order valence-electron chi connectivity index (χ2n) is 5.99. The van der Waals surface area contributed by atoms with E-state index >= 15 is 0 Å². The van der Waals surface area contributed by atoms with Gasteiger partial charge in [0.2, 0.25) is 10.0 Å². The molecule has 1 unspecified atom stereocenters. The molecule has 0 aliphatic rings. The molecule has 2 rings (SSSR count). The van der Waals surface area contributed by atoms with E-state index in [1.54, 1.807) is 12.1 Å². The molecule has 1 heterocycles. The van der Waals surface area contributed by atoms with Crippen molar-refractivity contribution in [1.82, 2.24) is 4.72 Å². The standard InChI is InChI=1S/C15H17F2NO2S2/c1-15(2,3)14(12-8-5-9-21-12)18-22(19,20)13-10(16)6-4-7-11(13)17/h4-9,14,18H,1-3H3. The lowest BCUT2D eigenvalue weighted by molar-refractivity contribution is 0.307. The molecule has 0 fully saturated rings. The molecule has 0 saturated heterocycles. The fourth-order valence-corrected chi connectivity index (χ4v) is 4.72. The number of halogens is 2. The van der Waals surface area contributed by atoms with Crippen LogP contribution in [0.2, 0.25) is 0 Å². The number of hydrogen-bond acceptors (Lipinski definition) is 3. The minimum atomic E-state index is -4.32. The molecule has 0 bridgehead atoms. The Bertz CT molecular complexity index is 730. The van der Waals surface area contributed by atoms with E-state index in [1.807, 2.05) is 26.2 Å². The van der Waals surface area contributed by atoms with Crippen molar-refractivity contribution in [2.75, 3.05) is 0 Å². The van der Waals surface area contributed by atoms with Crippen molar-refractivity contribution in [3.8, 4) is 0 Å². The van der Waals surface area contributed by atoms with E-state index < -0.39 is 38.0 Å². The van der Waals surface area contributed by atoms with Gasteiger partial charge in [-0.2, -0.15) is 0 Å². The van der Waals surface area contributed by atoms with Gasteiger partial charge in [0.1, 0.15) is 11.6 Å². The van der Waals surface area contributed by atoms with E-state index in [0.717, 1.165) is 23.1 Å². The third-order valence-electron chi connectivity index (χ3n) is 3.15. The first-order valence-corrected chi connectivity index (χ1v) is 8.99. The van der Waals surface area contributed by atoms with Crippen LogP contribution in [0.15, 0.2) is 40.6 Å². The molecular formula is C15H17F2NO2S2. The molecule has 2 aromatic rings. The summed E-state index contributed by atoms with van der Waals surface area (Å²) in [6.07, 6.45) is 0. The van der Waals surface area contributed by atoms with Crippen LogP contribution in [0.5, 0.6) is 0 Å². The molecular weight excluding hydrogens is 328 g/mol. The number of nitrogens with one attached hydrogen (secondary N) is 1. The molecule has 22 heavy (non-hydrogen) atoms. The average Bonchev–Trinajstić information content (AvgIpc) is 2.87. The molecule has 1 N–H and O–H groups in total. The van der Waals surface area contributed by atoms with Crippen molar-refractivity contribution >= 4 is 21.4 Å². The summed E-state index contributed by atoms with van der Waals surface area (Å²) in [5.41, 5.74) is -0.459. The highest BCUT2D eigenvalue weighted by Crippen LogP contribution is 2.36. The Kier molecular flexibility index (Phi) is 4.70. The van der Waals surface area contributed by atoms with Gasteiger partial charge < -0.3 is 0 Å². The predicted octanol–water partition coefficient (Wildman–Crippen LogP) is 4.09. The van der Waals surface area contributed by atoms with Crippen LogP contribution in [-0.4, -0.2) is 8.42 Å². The van der Waals surface area contributed by atoms with Crippen molar-refractivity contribution in [3.63, 3.8) is 0 Å². The Balaban J connectivity index is 2.46. The van der Waals surface area contributed by atoms with Gasteiger partial charge in [0.05, 0.1) is 6.04 Å². The molecule has 1 aromatic heterocycles. The summed E-state index contributed by atoms with van der Waals surface area (Å²) in [7, 11) is -4.32. The summed E-state index contributed by atoms with van der Waals surface area (Å²) in [6, 6.07) is 5.99. The van der Waals surface area contributed by atoms with Gasteiger partial charge >= 0.3 is 0 Å². The Labute approximate surface area is 133 Å². The largest absolute Gasteiger partial charge is 0.247 e. The quantitative estimate of drug-likeness (QED) is 0.907. The maximum absolute atomic E-state index is 13.8. The van der Waals surface area contributed by atoms with Gasteiger partial charge in [-0.25, -0.2) is 21.9 Å².